The number of fused-ring (bicyclic) bond motifs is 4. The van der Waals surface area contributed by atoms with Crippen molar-refractivity contribution in [3.63, 3.8) is 0 Å². The van der Waals surface area contributed by atoms with Crippen LogP contribution < -0.4 is 4.90 Å². The number of anilines is 1. The SMILES string of the molecule is CN1C(=O)N(C)C(=O)C2(Cc3ccc(Cl)cc3N3CC[C@H](c4ccccc4)C[C@@H]32)C1=O. The quantitative estimate of drug-likeness (QED) is 0.638. The van der Waals surface area contributed by atoms with Gasteiger partial charge in [0.1, 0.15) is 0 Å². The van der Waals surface area contributed by atoms with E-state index >= 15 is 0 Å². The first-order valence-corrected chi connectivity index (χ1v) is 10.9. The van der Waals surface area contributed by atoms with Gasteiger partial charge >= 0.3 is 6.03 Å². The van der Waals surface area contributed by atoms with Gasteiger partial charge in [-0.3, -0.25) is 19.4 Å². The number of benzene rings is 2. The van der Waals surface area contributed by atoms with E-state index in [4.69, 9.17) is 11.6 Å². The molecule has 0 aromatic heterocycles. The van der Waals surface area contributed by atoms with Gasteiger partial charge in [-0.1, -0.05) is 48.0 Å². The number of piperidine rings is 1. The number of nitrogens with zero attached hydrogens (tertiary/aromatic N) is 3. The molecule has 0 N–H and O–H groups in total. The molecule has 6 nitrogen and oxygen atoms in total. The van der Waals surface area contributed by atoms with Gasteiger partial charge < -0.3 is 4.90 Å². The predicted molar refractivity (Wildman–Crippen MR) is 118 cm³/mol. The molecule has 3 aliphatic heterocycles. The number of imide groups is 2. The van der Waals surface area contributed by atoms with Crippen molar-refractivity contribution in [2.24, 2.45) is 5.41 Å². The number of hydrogen-bond acceptors (Lipinski definition) is 4. The topological polar surface area (TPSA) is 60.9 Å². The van der Waals surface area contributed by atoms with Crippen LogP contribution in [0.15, 0.2) is 48.5 Å². The molecule has 2 aromatic rings. The third-order valence-electron chi connectivity index (χ3n) is 7.21. The summed E-state index contributed by atoms with van der Waals surface area (Å²) in [5.74, 6) is -0.594. The van der Waals surface area contributed by atoms with Crippen molar-refractivity contribution in [3.05, 3.63) is 64.7 Å². The van der Waals surface area contributed by atoms with E-state index < -0.39 is 23.3 Å². The Labute approximate surface area is 186 Å². The third-order valence-corrected chi connectivity index (χ3v) is 7.45. The van der Waals surface area contributed by atoms with Crippen LogP contribution in [0.1, 0.15) is 29.9 Å². The average Bonchev–Trinajstić information content (AvgIpc) is 2.80. The lowest BCUT2D eigenvalue weighted by Crippen LogP contribution is -2.72. The minimum absolute atomic E-state index is 0.230. The Morgan fingerprint density at radius 1 is 0.968 bits per heavy atom. The second kappa shape index (κ2) is 7.09. The lowest BCUT2D eigenvalue weighted by Gasteiger charge is -2.55. The molecule has 4 amide bonds. The number of amides is 4. The Morgan fingerprint density at radius 2 is 1.65 bits per heavy atom. The minimum Gasteiger partial charge on any atom is -0.367 e. The summed E-state index contributed by atoms with van der Waals surface area (Å²) in [6.07, 6.45) is 1.83. The highest BCUT2D eigenvalue weighted by atomic mass is 35.5. The van der Waals surface area contributed by atoms with Crippen LogP contribution in [0.3, 0.4) is 0 Å². The molecule has 3 aliphatic rings. The second-order valence-electron chi connectivity index (χ2n) is 8.77. The van der Waals surface area contributed by atoms with E-state index in [1.54, 1.807) is 6.07 Å². The number of carbonyl (C=O) groups excluding carboxylic acids is 3. The lowest BCUT2D eigenvalue weighted by atomic mass is 9.64. The summed E-state index contributed by atoms with van der Waals surface area (Å²) in [5, 5.41) is 0.629. The molecule has 160 valence electrons. The standard InChI is InChI=1S/C24H24ClN3O3/c1-26-21(29)24(22(30)27(2)23(26)31)14-17-8-9-18(25)13-19(17)28-11-10-16(12-20(24)28)15-6-4-3-5-7-15/h3-9,13,16,20H,10-12,14H2,1-2H3/t16-,20+/m0/s1. The molecule has 2 fully saturated rings. The molecule has 2 aromatic carbocycles. The zero-order valence-corrected chi connectivity index (χ0v) is 18.3. The van der Waals surface area contributed by atoms with Crippen LogP contribution in [0.5, 0.6) is 0 Å². The Bertz CT molecular complexity index is 1060. The van der Waals surface area contributed by atoms with Crippen molar-refractivity contribution in [1.82, 2.24) is 9.80 Å². The van der Waals surface area contributed by atoms with Gasteiger partial charge in [-0.15, -0.1) is 0 Å². The van der Waals surface area contributed by atoms with Gasteiger partial charge in [-0.05, 0) is 48.4 Å². The van der Waals surface area contributed by atoms with E-state index in [1.165, 1.54) is 19.7 Å². The van der Waals surface area contributed by atoms with Gasteiger partial charge in [-0.2, -0.15) is 0 Å². The van der Waals surface area contributed by atoms with Crippen LogP contribution in [0, 0.1) is 5.41 Å². The van der Waals surface area contributed by atoms with Crippen molar-refractivity contribution >= 4 is 35.1 Å². The Hall–Kier alpha value is -2.86. The molecular formula is C24H24ClN3O3. The van der Waals surface area contributed by atoms with E-state index in [-0.39, 0.29) is 18.4 Å². The van der Waals surface area contributed by atoms with Crippen molar-refractivity contribution in [1.29, 1.82) is 0 Å². The van der Waals surface area contributed by atoms with Crippen LogP contribution >= 0.6 is 11.6 Å². The third kappa shape index (κ3) is 2.81. The van der Waals surface area contributed by atoms with Gasteiger partial charge in [0.05, 0.1) is 6.04 Å². The molecule has 2 atom stereocenters. The molecular weight excluding hydrogens is 414 g/mol. The fourth-order valence-electron chi connectivity index (χ4n) is 5.65. The zero-order valence-electron chi connectivity index (χ0n) is 17.5. The molecule has 0 aliphatic carbocycles. The zero-order chi connectivity index (χ0) is 21.9. The highest BCUT2D eigenvalue weighted by Gasteiger charge is 2.63. The summed E-state index contributed by atoms with van der Waals surface area (Å²) in [4.78, 5) is 44.2. The molecule has 0 saturated carbocycles. The van der Waals surface area contributed by atoms with E-state index in [9.17, 15) is 14.4 Å². The minimum atomic E-state index is -1.33. The fraction of sp³-hybridized carbons (Fsp3) is 0.375. The van der Waals surface area contributed by atoms with Crippen molar-refractivity contribution < 1.29 is 14.4 Å². The molecule has 0 unspecified atom stereocenters. The summed E-state index contributed by atoms with van der Waals surface area (Å²) in [7, 11) is 2.93. The molecule has 2 saturated heterocycles. The first-order valence-electron chi connectivity index (χ1n) is 10.5. The maximum Gasteiger partial charge on any atom is 0.332 e. The van der Waals surface area contributed by atoms with Gasteiger partial charge in [0.25, 0.3) is 0 Å². The summed E-state index contributed by atoms with van der Waals surface area (Å²) >= 11 is 6.31. The number of rotatable bonds is 1. The number of barbiturate groups is 1. The number of hydrogen-bond donors (Lipinski definition) is 0. The van der Waals surface area contributed by atoms with Crippen molar-refractivity contribution in [2.45, 2.75) is 31.2 Å². The van der Waals surface area contributed by atoms with Crippen LogP contribution in [-0.4, -0.2) is 54.3 Å². The van der Waals surface area contributed by atoms with Crippen LogP contribution in [-0.2, 0) is 16.0 Å². The molecule has 0 radical (unpaired) electrons. The van der Waals surface area contributed by atoms with Gasteiger partial charge in [0.2, 0.25) is 11.8 Å². The Kier molecular flexibility index (Phi) is 4.59. The smallest absolute Gasteiger partial charge is 0.332 e. The largest absolute Gasteiger partial charge is 0.367 e. The highest BCUT2D eigenvalue weighted by molar-refractivity contribution is 6.31. The van der Waals surface area contributed by atoms with E-state index in [2.05, 4.69) is 17.0 Å². The van der Waals surface area contributed by atoms with Gasteiger partial charge in [0.15, 0.2) is 5.41 Å². The van der Waals surface area contributed by atoms with E-state index in [0.717, 1.165) is 27.5 Å². The van der Waals surface area contributed by atoms with Gasteiger partial charge in [-0.25, -0.2) is 4.79 Å². The first-order chi connectivity index (χ1) is 14.8. The summed E-state index contributed by atoms with van der Waals surface area (Å²) < 4.78 is 0. The predicted octanol–water partition coefficient (Wildman–Crippen LogP) is 3.69. The maximum absolute atomic E-state index is 13.6. The number of carbonyl (C=O) groups is 3. The van der Waals surface area contributed by atoms with Crippen molar-refractivity contribution in [2.75, 3.05) is 25.5 Å². The lowest BCUT2D eigenvalue weighted by molar-refractivity contribution is -0.159. The number of urea groups is 1. The van der Waals surface area contributed by atoms with Crippen LogP contribution in [0.4, 0.5) is 10.5 Å². The maximum atomic E-state index is 13.6. The fourth-order valence-corrected chi connectivity index (χ4v) is 5.81. The molecule has 5 rings (SSSR count). The molecule has 7 heteroatoms. The number of halogens is 1. The normalized spacial score (nSPS) is 25.0. The highest BCUT2D eigenvalue weighted by Crippen LogP contribution is 2.51. The van der Waals surface area contributed by atoms with E-state index in [1.807, 2.05) is 30.3 Å². The monoisotopic (exact) mass is 437 g/mol. The molecule has 31 heavy (non-hydrogen) atoms. The second-order valence-corrected chi connectivity index (χ2v) is 9.21. The summed E-state index contributed by atoms with van der Waals surface area (Å²) in [5.41, 5.74) is 1.78. The molecule has 1 spiro atoms. The van der Waals surface area contributed by atoms with Gasteiger partial charge in [0, 0.05) is 31.4 Å². The molecule has 3 heterocycles. The summed E-state index contributed by atoms with van der Waals surface area (Å²) in [6, 6.07) is 14.9. The Balaban J connectivity index is 1.66. The molecule has 0 bridgehead atoms. The van der Waals surface area contributed by atoms with E-state index in [0.29, 0.717) is 18.0 Å². The Morgan fingerprint density at radius 3 is 2.32 bits per heavy atom. The summed E-state index contributed by atoms with van der Waals surface area (Å²) in [6.45, 7) is 0.710. The average molecular weight is 438 g/mol. The van der Waals surface area contributed by atoms with Crippen LogP contribution in [0.25, 0.3) is 0 Å². The first kappa shape index (κ1) is 20.1. The van der Waals surface area contributed by atoms with Crippen LogP contribution in [0.2, 0.25) is 5.02 Å². The van der Waals surface area contributed by atoms with Crippen molar-refractivity contribution in [3.8, 4) is 0 Å².